The monoisotopic (exact) mass is 476 g/mol. The van der Waals surface area contributed by atoms with Crippen LogP contribution in [0.25, 0.3) is 0 Å². The van der Waals surface area contributed by atoms with E-state index in [1.165, 1.54) is 0 Å². The van der Waals surface area contributed by atoms with Crippen LogP contribution in [0.2, 0.25) is 18.1 Å². The zero-order chi connectivity index (χ0) is 24.1. The van der Waals surface area contributed by atoms with Gasteiger partial charge in [0.05, 0.1) is 11.5 Å². The van der Waals surface area contributed by atoms with Gasteiger partial charge in [0, 0.05) is 0 Å². The number of alkyl halides is 6. The smallest absolute Gasteiger partial charge is 0.434 e. The fraction of sp³-hybridized carbons (Fsp3) is 0.952. The number of hydrogen-bond acceptors (Lipinski definition) is 3. The fourth-order valence-corrected chi connectivity index (χ4v) is 6.48. The largest absolute Gasteiger partial charge is 0.442 e. The summed E-state index contributed by atoms with van der Waals surface area (Å²) >= 11 is 0. The molecule has 0 aromatic heterocycles. The van der Waals surface area contributed by atoms with Gasteiger partial charge in [-0.1, -0.05) is 53.4 Å². The van der Waals surface area contributed by atoms with Crippen molar-refractivity contribution >= 4 is 14.3 Å². The maximum absolute atomic E-state index is 13.0. The molecule has 0 spiro atoms. The first-order valence-electron chi connectivity index (χ1n) is 10.8. The third-order valence-corrected chi connectivity index (χ3v) is 12.1. The minimum atomic E-state index is -5.73. The maximum atomic E-state index is 13.0. The molecule has 2 fully saturated rings. The Bertz CT molecular complexity index is 655. The van der Waals surface area contributed by atoms with Crippen LogP contribution in [0.15, 0.2) is 0 Å². The molecule has 2 saturated carbocycles. The summed E-state index contributed by atoms with van der Waals surface area (Å²) in [6.45, 7) is 11.9. The summed E-state index contributed by atoms with van der Waals surface area (Å²) in [7, 11) is -2.49. The molecule has 0 bridgehead atoms. The highest BCUT2D eigenvalue weighted by atomic mass is 28.4. The summed E-state index contributed by atoms with van der Waals surface area (Å²) in [5.41, 5.74) is -1.59. The molecule has 2 rings (SSSR count). The lowest BCUT2D eigenvalue weighted by Gasteiger charge is -2.65. The average Bonchev–Trinajstić information content (AvgIpc) is 2.55. The molecule has 0 heterocycles. The van der Waals surface area contributed by atoms with Crippen LogP contribution in [-0.2, 0) is 14.0 Å². The van der Waals surface area contributed by atoms with Crippen molar-refractivity contribution in [1.29, 1.82) is 0 Å². The summed E-state index contributed by atoms with van der Waals surface area (Å²) in [6, 6.07) is 0. The summed E-state index contributed by atoms with van der Waals surface area (Å²) in [5, 5.41) is -0.241. The van der Waals surface area contributed by atoms with Crippen LogP contribution in [0, 0.1) is 11.3 Å². The molecule has 0 unspecified atom stereocenters. The Balaban J connectivity index is 2.42. The first kappa shape index (κ1) is 26.5. The predicted octanol–water partition coefficient (Wildman–Crippen LogP) is 7.16. The van der Waals surface area contributed by atoms with E-state index in [4.69, 9.17) is 4.43 Å². The standard InChI is InChI=1S/C21H34F6O3Si/c1-17(2,3)31(5,6)30-19-12-10-8-7-9-11-18(19,4)13-14(19)15(28)29-16(20(22,23)24)21(25,26)27/h14,16H,7-13H2,1-6H3/t14-,18-,19-/m0/s1. The molecular weight excluding hydrogens is 442 g/mol. The van der Waals surface area contributed by atoms with Crippen molar-refractivity contribution in [3.63, 3.8) is 0 Å². The van der Waals surface area contributed by atoms with Crippen LogP contribution in [0.1, 0.15) is 72.6 Å². The van der Waals surface area contributed by atoms with Gasteiger partial charge in [0.2, 0.25) is 0 Å². The predicted molar refractivity (Wildman–Crippen MR) is 107 cm³/mol. The van der Waals surface area contributed by atoms with E-state index < -0.39 is 49.7 Å². The Hall–Kier alpha value is -0.773. The van der Waals surface area contributed by atoms with E-state index in [1.54, 1.807) is 0 Å². The van der Waals surface area contributed by atoms with Crippen molar-refractivity contribution < 1.29 is 40.3 Å². The number of halogens is 6. The first-order chi connectivity index (χ1) is 13.8. The maximum Gasteiger partial charge on any atom is 0.434 e. The molecule has 0 aromatic rings. The van der Waals surface area contributed by atoms with Crippen LogP contribution in [0.4, 0.5) is 26.3 Å². The highest BCUT2D eigenvalue weighted by Gasteiger charge is 2.69. The quantitative estimate of drug-likeness (QED) is 0.245. The number of hydrogen-bond donors (Lipinski definition) is 0. The first-order valence-corrected chi connectivity index (χ1v) is 13.7. The number of rotatable bonds is 4. The van der Waals surface area contributed by atoms with Crippen molar-refractivity contribution in [2.45, 2.75) is 115 Å². The minimum absolute atomic E-state index is 0.170. The average molecular weight is 477 g/mol. The second-order valence-corrected chi connectivity index (χ2v) is 15.6. The van der Waals surface area contributed by atoms with Gasteiger partial charge in [-0.05, 0) is 42.8 Å². The number of ether oxygens (including phenoxy) is 1. The zero-order valence-electron chi connectivity index (χ0n) is 19.1. The highest BCUT2D eigenvalue weighted by Crippen LogP contribution is 2.64. The zero-order valence-corrected chi connectivity index (χ0v) is 20.1. The van der Waals surface area contributed by atoms with Crippen molar-refractivity contribution in [1.82, 2.24) is 0 Å². The van der Waals surface area contributed by atoms with Crippen molar-refractivity contribution in [3.05, 3.63) is 0 Å². The molecular formula is C21H34F6O3Si. The molecule has 10 heteroatoms. The van der Waals surface area contributed by atoms with E-state index in [0.29, 0.717) is 19.3 Å². The number of esters is 1. The van der Waals surface area contributed by atoms with Crippen LogP contribution in [-0.4, -0.2) is 38.3 Å². The summed E-state index contributed by atoms with van der Waals surface area (Å²) < 4.78 is 88.8. The third kappa shape index (κ3) is 5.09. The van der Waals surface area contributed by atoms with Crippen LogP contribution < -0.4 is 0 Å². The molecule has 0 aliphatic heterocycles. The fourth-order valence-electron chi connectivity index (χ4n) is 4.77. The SMILES string of the molecule is CC(C)(C)[Si](C)(C)O[C@]12CCCCCC[C@@]1(C)C[C@H]2C(=O)OC(C(F)(F)F)C(F)(F)F. The van der Waals surface area contributed by atoms with Gasteiger partial charge in [0.1, 0.15) is 0 Å². The van der Waals surface area contributed by atoms with Gasteiger partial charge < -0.3 is 9.16 Å². The second-order valence-electron chi connectivity index (χ2n) is 10.9. The van der Waals surface area contributed by atoms with E-state index >= 15 is 0 Å². The molecule has 3 nitrogen and oxygen atoms in total. The Kier molecular flexibility index (Phi) is 7.02. The van der Waals surface area contributed by atoms with E-state index in [9.17, 15) is 31.1 Å². The van der Waals surface area contributed by atoms with Crippen molar-refractivity contribution in [3.8, 4) is 0 Å². The van der Waals surface area contributed by atoms with Gasteiger partial charge in [-0.15, -0.1) is 0 Å². The Morgan fingerprint density at radius 1 is 0.935 bits per heavy atom. The van der Waals surface area contributed by atoms with Crippen molar-refractivity contribution in [2.24, 2.45) is 11.3 Å². The third-order valence-electron chi connectivity index (χ3n) is 7.62. The Morgan fingerprint density at radius 3 is 1.87 bits per heavy atom. The number of fused-ring (bicyclic) bond motifs is 1. The van der Waals surface area contributed by atoms with Crippen LogP contribution in [0.5, 0.6) is 0 Å². The van der Waals surface area contributed by atoms with E-state index in [-0.39, 0.29) is 11.5 Å². The minimum Gasteiger partial charge on any atom is -0.442 e. The van der Waals surface area contributed by atoms with Gasteiger partial charge in [0.25, 0.3) is 6.10 Å². The Morgan fingerprint density at radius 2 is 1.42 bits per heavy atom. The van der Waals surface area contributed by atoms with Gasteiger partial charge >= 0.3 is 18.3 Å². The molecule has 2 aliphatic carbocycles. The second kappa shape index (κ2) is 8.22. The molecule has 2 aliphatic rings. The molecule has 0 radical (unpaired) electrons. The number of carbonyl (C=O) groups excluding carboxylic acids is 1. The molecule has 31 heavy (non-hydrogen) atoms. The normalized spacial score (nSPS) is 30.8. The van der Waals surface area contributed by atoms with E-state index in [0.717, 1.165) is 19.3 Å². The molecule has 0 saturated heterocycles. The van der Waals surface area contributed by atoms with Gasteiger partial charge in [-0.3, -0.25) is 4.79 Å². The molecule has 0 N–H and O–H groups in total. The lowest BCUT2D eigenvalue weighted by atomic mass is 9.47. The highest BCUT2D eigenvalue weighted by molar-refractivity contribution is 6.74. The molecule has 182 valence electrons. The van der Waals surface area contributed by atoms with Gasteiger partial charge in [-0.2, -0.15) is 26.3 Å². The van der Waals surface area contributed by atoms with Gasteiger partial charge in [-0.25, -0.2) is 0 Å². The van der Waals surface area contributed by atoms with E-state index in [1.807, 2.05) is 40.8 Å². The lowest BCUT2D eigenvalue weighted by Crippen LogP contribution is -2.71. The van der Waals surface area contributed by atoms with Crippen LogP contribution in [0.3, 0.4) is 0 Å². The summed E-state index contributed by atoms with van der Waals surface area (Å²) in [4.78, 5) is 12.8. The molecule has 0 aromatic carbocycles. The number of carbonyl (C=O) groups is 1. The molecule has 3 atom stereocenters. The summed E-state index contributed by atoms with van der Waals surface area (Å²) in [5.74, 6) is -2.60. The Labute approximate surface area is 181 Å². The topological polar surface area (TPSA) is 35.5 Å². The summed E-state index contributed by atoms with van der Waals surface area (Å²) in [6.07, 6.45) is -10.8. The van der Waals surface area contributed by atoms with Crippen LogP contribution >= 0.6 is 0 Å². The van der Waals surface area contributed by atoms with E-state index in [2.05, 4.69) is 4.74 Å². The lowest BCUT2D eigenvalue weighted by molar-refractivity contribution is -0.319. The van der Waals surface area contributed by atoms with Gasteiger partial charge in [0.15, 0.2) is 8.32 Å². The van der Waals surface area contributed by atoms with Crippen molar-refractivity contribution in [2.75, 3.05) is 0 Å². The molecule has 0 amide bonds.